The third-order valence-corrected chi connectivity index (χ3v) is 8.07. The van der Waals surface area contributed by atoms with Crippen molar-refractivity contribution in [1.82, 2.24) is 15.3 Å². The molecule has 0 atom stereocenters. The summed E-state index contributed by atoms with van der Waals surface area (Å²) in [6.45, 7) is 10.8. The molecule has 9 nitrogen and oxygen atoms in total. The average Bonchev–Trinajstić information content (AvgIpc) is 2.88. The van der Waals surface area contributed by atoms with Gasteiger partial charge >= 0.3 is 0 Å². The molecule has 3 rings (SSSR count). The summed E-state index contributed by atoms with van der Waals surface area (Å²) in [5.41, 5.74) is 1.92. The molecule has 216 valence electrons. The van der Waals surface area contributed by atoms with Gasteiger partial charge in [-0.25, -0.2) is 13.4 Å². The van der Waals surface area contributed by atoms with Crippen molar-refractivity contribution in [3.05, 3.63) is 60.3 Å². The minimum atomic E-state index is -3.42. The quantitative estimate of drug-likeness (QED) is 0.198. The van der Waals surface area contributed by atoms with Crippen LogP contribution in [0, 0.1) is 12.3 Å². The number of benzene rings is 2. The maximum absolute atomic E-state index is 12.9. The maximum Gasteiger partial charge on any atom is 0.229 e. The van der Waals surface area contributed by atoms with Crippen LogP contribution in [0.1, 0.15) is 58.9 Å². The van der Waals surface area contributed by atoms with E-state index >= 15 is 0 Å². The summed E-state index contributed by atoms with van der Waals surface area (Å²) in [6.07, 6.45) is 4.94. The molecule has 3 aromatic rings. The Bertz CT molecular complexity index is 1370. The largest absolute Gasteiger partial charge is 0.494 e. The molecular formula is C30H41N5O4S. The van der Waals surface area contributed by atoms with E-state index in [2.05, 4.69) is 25.9 Å². The Morgan fingerprint density at radius 2 is 1.73 bits per heavy atom. The van der Waals surface area contributed by atoms with Gasteiger partial charge in [0.1, 0.15) is 11.6 Å². The number of anilines is 4. The van der Waals surface area contributed by atoms with Gasteiger partial charge in [0.2, 0.25) is 11.9 Å². The van der Waals surface area contributed by atoms with Crippen molar-refractivity contribution in [2.24, 2.45) is 5.41 Å². The first-order chi connectivity index (χ1) is 18.9. The van der Waals surface area contributed by atoms with Gasteiger partial charge in [0.15, 0.2) is 9.84 Å². The van der Waals surface area contributed by atoms with Gasteiger partial charge in [0, 0.05) is 36.1 Å². The van der Waals surface area contributed by atoms with Crippen LogP contribution in [-0.2, 0) is 14.6 Å². The SMILES string of the molecule is CCNC(=O)CCCCCOc1ccc(Nc2ncc(C)c(Nc3cccc(S(=O)(=O)CC(C)(C)C)c3)n2)cc1. The number of carbonyl (C=O) groups is 1. The van der Waals surface area contributed by atoms with E-state index in [-0.39, 0.29) is 22.0 Å². The number of rotatable bonds is 14. The van der Waals surface area contributed by atoms with E-state index < -0.39 is 9.84 Å². The smallest absolute Gasteiger partial charge is 0.229 e. The Hall–Kier alpha value is -3.66. The Balaban J connectivity index is 1.56. The Morgan fingerprint density at radius 1 is 0.975 bits per heavy atom. The number of nitrogens with zero attached hydrogens (tertiary/aromatic N) is 2. The van der Waals surface area contributed by atoms with Crippen LogP contribution in [0.3, 0.4) is 0 Å². The van der Waals surface area contributed by atoms with Crippen molar-refractivity contribution in [2.45, 2.75) is 65.2 Å². The van der Waals surface area contributed by atoms with E-state index in [0.29, 0.717) is 37.0 Å². The van der Waals surface area contributed by atoms with Crippen LogP contribution in [0.2, 0.25) is 0 Å². The monoisotopic (exact) mass is 567 g/mol. The zero-order valence-corrected chi connectivity index (χ0v) is 24.9. The van der Waals surface area contributed by atoms with Gasteiger partial charge in [0.05, 0.1) is 17.3 Å². The fourth-order valence-corrected chi connectivity index (χ4v) is 5.89. The minimum Gasteiger partial charge on any atom is -0.494 e. The lowest BCUT2D eigenvalue weighted by Crippen LogP contribution is -2.22. The topological polar surface area (TPSA) is 122 Å². The lowest BCUT2D eigenvalue weighted by Gasteiger charge is -2.18. The van der Waals surface area contributed by atoms with Crippen LogP contribution in [0.25, 0.3) is 0 Å². The minimum absolute atomic E-state index is 0.0626. The van der Waals surface area contributed by atoms with Crippen molar-refractivity contribution in [1.29, 1.82) is 0 Å². The first-order valence-electron chi connectivity index (χ1n) is 13.7. The zero-order valence-electron chi connectivity index (χ0n) is 24.1. The lowest BCUT2D eigenvalue weighted by molar-refractivity contribution is -0.121. The van der Waals surface area contributed by atoms with Crippen molar-refractivity contribution < 1.29 is 17.9 Å². The number of nitrogens with one attached hydrogen (secondary N) is 3. The second-order valence-electron chi connectivity index (χ2n) is 11.0. The third-order valence-electron chi connectivity index (χ3n) is 5.85. The molecule has 0 saturated carbocycles. The number of hydrogen-bond donors (Lipinski definition) is 3. The fourth-order valence-electron chi connectivity index (χ4n) is 3.99. The number of unbranched alkanes of at least 4 members (excludes halogenated alkanes) is 2. The highest BCUT2D eigenvalue weighted by molar-refractivity contribution is 7.91. The summed E-state index contributed by atoms with van der Waals surface area (Å²) in [4.78, 5) is 20.7. The van der Waals surface area contributed by atoms with Crippen LogP contribution in [0.4, 0.5) is 23.1 Å². The molecule has 0 aliphatic carbocycles. The van der Waals surface area contributed by atoms with Crippen LogP contribution >= 0.6 is 0 Å². The van der Waals surface area contributed by atoms with E-state index in [1.807, 2.05) is 65.0 Å². The van der Waals surface area contributed by atoms with Crippen LogP contribution in [0.15, 0.2) is 59.6 Å². The predicted molar refractivity (Wildman–Crippen MR) is 160 cm³/mol. The summed E-state index contributed by atoms with van der Waals surface area (Å²) < 4.78 is 31.5. The molecule has 40 heavy (non-hydrogen) atoms. The normalized spacial score (nSPS) is 11.6. The molecule has 0 fully saturated rings. The van der Waals surface area contributed by atoms with Gasteiger partial charge < -0.3 is 20.7 Å². The molecule has 0 bridgehead atoms. The predicted octanol–water partition coefficient (Wildman–Crippen LogP) is 6.17. The molecule has 0 unspecified atom stereocenters. The molecule has 10 heteroatoms. The molecule has 2 aromatic carbocycles. The van der Waals surface area contributed by atoms with Crippen molar-refractivity contribution >= 4 is 38.9 Å². The highest BCUT2D eigenvalue weighted by Gasteiger charge is 2.23. The summed E-state index contributed by atoms with van der Waals surface area (Å²) in [6, 6.07) is 14.3. The molecule has 1 amide bonds. The fraction of sp³-hybridized carbons (Fsp3) is 0.433. The zero-order chi connectivity index (χ0) is 29.2. The number of amides is 1. The van der Waals surface area contributed by atoms with Crippen LogP contribution in [0.5, 0.6) is 5.75 Å². The lowest BCUT2D eigenvalue weighted by atomic mass is 10.0. The summed E-state index contributed by atoms with van der Waals surface area (Å²) in [7, 11) is -3.42. The van der Waals surface area contributed by atoms with Crippen molar-refractivity contribution in [2.75, 3.05) is 29.5 Å². The van der Waals surface area contributed by atoms with Gasteiger partial charge in [-0.15, -0.1) is 0 Å². The highest BCUT2D eigenvalue weighted by Crippen LogP contribution is 2.26. The molecule has 1 heterocycles. The molecule has 1 aromatic heterocycles. The molecule has 0 saturated heterocycles. The van der Waals surface area contributed by atoms with Crippen LogP contribution < -0.4 is 20.7 Å². The van der Waals surface area contributed by atoms with E-state index in [4.69, 9.17) is 4.74 Å². The number of sulfone groups is 1. The van der Waals surface area contributed by atoms with E-state index in [1.54, 1.807) is 24.4 Å². The molecule has 0 aliphatic heterocycles. The van der Waals surface area contributed by atoms with E-state index in [1.165, 1.54) is 0 Å². The number of ether oxygens (including phenoxy) is 1. The Morgan fingerprint density at radius 3 is 2.42 bits per heavy atom. The first kappa shape index (κ1) is 30.9. The molecule has 3 N–H and O–H groups in total. The number of carbonyl (C=O) groups excluding carboxylic acids is 1. The van der Waals surface area contributed by atoms with Gasteiger partial charge in [-0.2, -0.15) is 4.98 Å². The van der Waals surface area contributed by atoms with E-state index in [9.17, 15) is 13.2 Å². The van der Waals surface area contributed by atoms with Crippen molar-refractivity contribution in [3.63, 3.8) is 0 Å². The van der Waals surface area contributed by atoms with Gasteiger partial charge in [0.25, 0.3) is 0 Å². The second kappa shape index (κ2) is 14.1. The first-order valence-corrected chi connectivity index (χ1v) is 15.3. The summed E-state index contributed by atoms with van der Waals surface area (Å²) in [5, 5.41) is 9.24. The number of hydrogen-bond acceptors (Lipinski definition) is 8. The number of aryl methyl sites for hydroxylation is 1. The Labute approximate surface area is 238 Å². The third kappa shape index (κ3) is 10.1. The van der Waals surface area contributed by atoms with Gasteiger partial charge in [-0.1, -0.05) is 26.8 Å². The standard InChI is InChI=1S/C30H41N5O4S/c1-6-31-27(36)13-8-7-9-18-39-25-16-14-23(15-17-25)34-29-32-20-22(2)28(35-29)33-24-11-10-12-26(19-24)40(37,38)21-30(3,4)5/h10-12,14-17,19-20H,6-9,13,18,21H2,1-5H3,(H,31,36)(H2,32,33,34,35). The maximum atomic E-state index is 12.9. The second-order valence-corrected chi connectivity index (χ2v) is 12.9. The highest BCUT2D eigenvalue weighted by atomic mass is 32.2. The number of aromatic nitrogens is 2. The van der Waals surface area contributed by atoms with E-state index in [0.717, 1.165) is 36.3 Å². The van der Waals surface area contributed by atoms with Gasteiger partial charge in [-0.3, -0.25) is 4.79 Å². The average molecular weight is 568 g/mol. The Kier molecular flexibility index (Phi) is 10.9. The summed E-state index contributed by atoms with van der Waals surface area (Å²) >= 11 is 0. The molecule has 0 radical (unpaired) electrons. The van der Waals surface area contributed by atoms with Crippen LogP contribution in [-0.4, -0.2) is 43.2 Å². The van der Waals surface area contributed by atoms with Gasteiger partial charge in [-0.05, 0) is 81.0 Å². The molecule has 0 aliphatic rings. The molecule has 0 spiro atoms. The summed E-state index contributed by atoms with van der Waals surface area (Å²) in [5.74, 6) is 1.92. The van der Waals surface area contributed by atoms with Crippen molar-refractivity contribution in [3.8, 4) is 5.75 Å². The molecular weight excluding hydrogens is 526 g/mol.